The van der Waals surface area contributed by atoms with Crippen LogP contribution in [0, 0.1) is 11.3 Å². The first-order valence-corrected chi connectivity index (χ1v) is 9.97. The molecule has 0 spiro atoms. The number of nitriles is 1. The Morgan fingerprint density at radius 3 is 2.12 bits per heavy atom. The number of benzene rings is 3. The molecule has 164 valence electrons. The van der Waals surface area contributed by atoms with Crippen LogP contribution in [-0.2, 0) is 0 Å². The highest BCUT2D eigenvalue weighted by atomic mass is 16.5. The predicted octanol–water partition coefficient (Wildman–Crippen LogP) is 3.74. The van der Waals surface area contributed by atoms with Gasteiger partial charge in [0.2, 0.25) is 0 Å². The lowest BCUT2D eigenvalue weighted by molar-refractivity contribution is 0.0673. The zero-order valence-electron chi connectivity index (χ0n) is 17.9. The van der Waals surface area contributed by atoms with Crippen molar-refractivity contribution in [3.8, 4) is 28.7 Å². The first kappa shape index (κ1) is 21.6. The predicted molar refractivity (Wildman–Crippen MR) is 120 cm³/mol. The van der Waals surface area contributed by atoms with Crippen LogP contribution in [0.2, 0.25) is 0 Å². The van der Waals surface area contributed by atoms with Gasteiger partial charge in [-0.05, 0) is 53.6 Å². The molecule has 33 heavy (non-hydrogen) atoms. The lowest BCUT2D eigenvalue weighted by atomic mass is 10.0. The van der Waals surface area contributed by atoms with Crippen LogP contribution in [0.1, 0.15) is 31.1 Å². The summed E-state index contributed by atoms with van der Waals surface area (Å²) in [5.41, 5.74) is 2.93. The van der Waals surface area contributed by atoms with Gasteiger partial charge in [-0.2, -0.15) is 5.26 Å². The van der Waals surface area contributed by atoms with Crippen LogP contribution in [0.3, 0.4) is 0 Å². The van der Waals surface area contributed by atoms with Crippen LogP contribution in [0.15, 0.2) is 60.7 Å². The topological polar surface area (TPSA) is 109 Å². The standard InChI is InChI=1S/C25H19N3O5/c1-32-19-11-17(12-20(14-19)33-2)15-3-5-16(6-4-15)23(29)27-18-7-8-21-22(13-18)25(31)28(10-9-26)24(21)30/h3-8,11-14H,10H2,1-2H3,(H,27,29). The monoisotopic (exact) mass is 441 g/mol. The highest BCUT2D eigenvalue weighted by molar-refractivity contribution is 6.22. The van der Waals surface area contributed by atoms with E-state index in [2.05, 4.69) is 5.32 Å². The largest absolute Gasteiger partial charge is 0.497 e. The molecule has 0 aromatic heterocycles. The van der Waals surface area contributed by atoms with Crippen LogP contribution in [0.5, 0.6) is 11.5 Å². The summed E-state index contributed by atoms with van der Waals surface area (Å²) in [7, 11) is 3.16. The first-order chi connectivity index (χ1) is 15.9. The van der Waals surface area contributed by atoms with E-state index in [-0.39, 0.29) is 23.6 Å². The van der Waals surface area contributed by atoms with Crippen molar-refractivity contribution in [2.24, 2.45) is 0 Å². The SMILES string of the molecule is COc1cc(OC)cc(-c2ccc(C(=O)Nc3ccc4c(c3)C(=O)N(CC#N)C4=O)cc2)c1. The molecule has 3 amide bonds. The highest BCUT2D eigenvalue weighted by Gasteiger charge is 2.35. The molecule has 1 heterocycles. The third-order valence-electron chi connectivity index (χ3n) is 5.29. The number of fused-ring (bicyclic) bond motifs is 1. The number of hydrogen-bond acceptors (Lipinski definition) is 6. The Morgan fingerprint density at radius 2 is 1.52 bits per heavy atom. The number of hydrogen-bond donors (Lipinski definition) is 1. The molecule has 1 aliphatic heterocycles. The molecule has 1 aliphatic rings. The molecule has 0 radical (unpaired) electrons. The second kappa shape index (κ2) is 8.85. The maximum atomic E-state index is 12.7. The van der Waals surface area contributed by atoms with E-state index in [1.807, 2.05) is 24.3 Å². The number of amides is 3. The molecular weight excluding hydrogens is 422 g/mol. The molecule has 4 rings (SSSR count). The van der Waals surface area contributed by atoms with Crippen molar-refractivity contribution < 1.29 is 23.9 Å². The minimum Gasteiger partial charge on any atom is -0.497 e. The number of ether oxygens (including phenoxy) is 2. The van der Waals surface area contributed by atoms with Gasteiger partial charge in [-0.1, -0.05) is 12.1 Å². The van der Waals surface area contributed by atoms with Crippen LogP contribution in [-0.4, -0.2) is 43.4 Å². The number of imide groups is 1. The summed E-state index contributed by atoms with van der Waals surface area (Å²) in [6.45, 7) is -0.320. The normalized spacial score (nSPS) is 12.2. The van der Waals surface area contributed by atoms with Gasteiger partial charge in [-0.15, -0.1) is 0 Å². The average Bonchev–Trinajstić information content (AvgIpc) is 3.08. The fourth-order valence-electron chi connectivity index (χ4n) is 3.57. The van der Waals surface area contributed by atoms with Gasteiger partial charge in [-0.25, -0.2) is 0 Å². The Bertz CT molecular complexity index is 1290. The molecule has 0 atom stereocenters. The third-order valence-corrected chi connectivity index (χ3v) is 5.29. The molecule has 3 aromatic carbocycles. The summed E-state index contributed by atoms with van der Waals surface area (Å²) in [4.78, 5) is 38.2. The number of carbonyl (C=O) groups excluding carboxylic acids is 3. The lowest BCUT2D eigenvalue weighted by Crippen LogP contribution is -2.29. The lowest BCUT2D eigenvalue weighted by Gasteiger charge is -2.10. The Hall–Kier alpha value is -4.64. The van der Waals surface area contributed by atoms with E-state index in [0.717, 1.165) is 16.0 Å². The number of methoxy groups -OCH3 is 2. The molecule has 0 aliphatic carbocycles. The van der Waals surface area contributed by atoms with Gasteiger partial charge in [0.1, 0.15) is 18.0 Å². The van der Waals surface area contributed by atoms with Crippen molar-refractivity contribution in [3.63, 3.8) is 0 Å². The van der Waals surface area contributed by atoms with Crippen LogP contribution in [0.4, 0.5) is 5.69 Å². The Morgan fingerprint density at radius 1 is 0.879 bits per heavy atom. The Labute approximate surface area is 190 Å². The van der Waals surface area contributed by atoms with Crippen molar-refractivity contribution in [1.29, 1.82) is 5.26 Å². The molecule has 8 heteroatoms. The molecule has 0 saturated heterocycles. The minimum atomic E-state index is -0.550. The van der Waals surface area contributed by atoms with E-state index in [1.54, 1.807) is 44.6 Å². The quantitative estimate of drug-likeness (QED) is 0.461. The summed E-state index contributed by atoms with van der Waals surface area (Å²) < 4.78 is 10.6. The van der Waals surface area contributed by atoms with Gasteiger partial charge in [-0.3, -0.25) is 19.3 Å². The van der Waals surface area contributed by atoms with E-state index < -0.39 is 11.8 Å². The third kappa shape index (κ3) is 4.12. The maximum Gasteiger partial charge on any atom is 0.262 e. The summed E-state index contributed by atoms with van der Waals surface area (Å²) in [6.07, 6.45) is 0. The highest BCUT2D eigenvalue weighted by Crippen LogP contribution is 2.30. The minimum absolute atomic E-state index is 0.162. The van der Waals surface area contributed by atoms with Crippen molar-refractivity contribution >= 4 is 23.4 Å². The second-order valence-corrected chi connectivity index (χ2v) is 7.25. The fourth-order valence-corrected chi connectivity index (χ4v) is 3.57. The molecule has 1 N–H and O–H groups in total. The number of nitrogens with one attached hydrogen (secondary N) is 1. The molecule has 3 aromatic rings. The first-order valence-electron chi connectivity index (χ1n) is 9.97. The zero-order chi connectivity index (χ0) is 23.5. The second-order valence-electron chi connectivity index (χ2n) is 7.25. The molecule has 0 bridgehead atoms. The van der Waals surface area contributed by atoms with Gasteiger partial charge < -0.3 is 14.8 Å². The molecule has 8 nitrogen and oxygen atoms in total. The van der Waals surface area contributed by atoms with E-state index in [1.165, 1.54) is 12.1 Å². The van der Waals surface area contributed by atoms with Gasteiger partial charge >= 0.3 is 0 Å². The van der Waals surface area contributed by atoms with Gasteiger partial charge in [0.25, 0.3) is 17.7 Å². The van der Waals surface area contributed by atoms with Crippen LogP contribution in [0.25, 0.3) is 11.1 Å². The van der Waals surface area contributed by atoms with Crippen molar-refractivity contribution in [2.45, 2.75) is 0 Å². The van der Waals surface area contributed by atoms with Crippen LogP contribution >= 0.6 is 0 Å². The summed E-state index contributed by atoms with van der Waals surface area (Å²) >= 11 is 0. The molecular formula is C25H19N3O5. The number of carbonyl (C=O) groups is 3. The van der Waals surface area contributed by atoms with Gasteiger partial charge in [0.05, 0.1) is 31.4 Å². The number of rotatable bonds is 6. The Kier molecular flexibility index (Phi) is 5.79. The summed E-state index contributed by atoms with van der Waals surface area (Å²) in [6, 6.07) is 18.8. The maximum absolute atomic E-state index is 12.7. The van der Waals surface area contributed by atoms with E-state index >= 15 is 0 Å². The van der Waals surface area contributed by atoms with E-state index in [4.69, 9.17) is 14.7 Å². The van der Waals surface area contributed by atoms with E-state index in [9.17, 15) is 14.4 Å². The number of anilines is 1. The average molecular weight is 441 g/mol. The molecule has 0 unspecified atom stereocenters. The fraction of sp³-hybridized carbons (Fsp3) is 0.120. The van der Waals surface area contributed by atoms with Crippen LogP contribution < -0.4 is 14.8 Å². The van der Waals surface area contributed by atoms with E-state index in [0.29, 0.717) is 22.7 Å². The summed E-state index contributed by atoms with van der Waals surface area (Å²) in [5, 5.41) is 11.6. The zero-order valence-corrected chi connectivity index (χ0v) is 17.9. The number of nitrogens with zero attached hydrogens (tertiary/aromatic N) is 2. The van der Waals surface area contributed by atoms with Gasteiger partial charge in [0, 0.05) is 17.3 Å². The van der Waals surface area contributed by atoms with Gasteiger partial charge in [0.15, 0.2) is 0 Å². The molecule has 0 fully saturated rings. The Balaban J connectivity index is 1.52. The summed E-state index contributed by atoms with van der Waals surface area (Å²) in [5.74, 6) is -0.117. The van der Waals surface area contributed by atoms with Crippen molar-refractivity contribution in [1.82, 2.24) is 4.90 Å². The van der Waals surface area contributed by atoms with Crippen molar-refractivity contribution in [2.75, 3.05) is 26.1 Å². The van der Waals surface area contributed by atoms with Crippen molar-refractivity contribution in [3.05, 3.63) is 77.4 Å². The smallest absolute Gasteiger partial charge is 0.262 e. The molecule has 0 saturated carbocycles.